The molecule has 3 rings (SSSR count). The van der Waals surface area contributed by atoms with E-state index in [1.165, 1.54) is 6.42 Å². The van der Waals surface area contributed by atoms with Crippen LogP contribution in [0.25, 0.3) is 0 Å². The number of carbonyl (C=O) groups is 2. The SMILES string of the molecule is CC(C)(C)CC(=O)N(CC(=O)N(Cc1ccccc1)Cc1cccs1)C1CCCCC1. The normalized spacial score (nSPS) is 14.9. The van der Waals surface area contributed by atoms with Gasteiger partial charge in [-0.15, -0.1) is 11.3 Å². The smallest absolute Gasteiger partial charge is 0.242 e. The summed E-state index contributed by atoms with van der Waals surface area (Å²) < 4.78 is 0. The summed E-state index contributed by atoms with van der Waals surface area (Å²) in [6.07, 6.45) is 5.99. The summed E-state index contributed by atoms with van der Waals surface area (Å²) in [7, 11) is 0. The van der Waals surface area contributed by atoms with Crippen molar-refractivity contribution in [2.75, 3.05) is 6.54 Å². The third kappa shape index (κ3) is 7.49. The topological polar surface area (TPSA) is 40.6 Å². The second-order valence-corrected chi connectivity index (χ2v) is 10.9. The minimum absolute atomic E-state index is 0.0325. The fourth-order valence-corrected chi connectivity index (χ4v) is 4.96. The molecule has 0 saturated heterocycles. The summed E-state index contributed by atoms with van der Waals surface area (Å²) in [5.41, 5.74) is 1.02. The molecule has 0 N–H and O–H groups in total. The van der Waals surface area contributed by atoms with Gasteiger partial charge in [0, 0.05) is 23.9 Å². The Hall–Kier alpha value is -2.14. The van der Waals surface area contributed by atoms with Gasteiger partial charge in [-0.25, -0.2) is 0 Å². The Morgan fingerprint density at radius 1 is 0.935 bits per heavy atom. The van der Waals surface area contributed by atoms with Gasteiger partial charge < -0.3 is 9.80 Å². The number of hydrogen-bond acceptors (Lipinski definition) is 3. The van der Waals surface area contributed by atoms with Gasteiger partial charge in [0.2, 0.25) is 11.8 Å². The van der Waals surface area contributed by atoms with Gasteiger partial charge in [-0.3, -0.25) is 9.59 Å². The Morgan fingerprint density at radius 2 is 1.65 bits per heavy atom. The number of benzene rings is 1. The van der Waals surface area contributed by atoms with Gasteiger partial charge in [0.05, 0.1) is 6.54 Å². The molecule has 0 spiro atoms. The summed E-state index contributed by atoms with van der Waals surface area (Å²) >= 11 is 1.67. The molecule has 1 heterocycles. The predicted molar refractivity (Wildman–Crippen MR) is 128 cm³/mol. The van der Waals surface area contributed by atoms with E-state index in [2.05, 4.69) is 39.0 Å². The van der Waals surface area contributed by atoms with Gasteiger partial charge in [0.15, 0.2) is 0 Å². The van der Waals surface area contributed by atoms with Crippen molar-refractivity contribution in [2.45, 2.75) is 78.4 Å². The van der Waals surface area contributed by atoms with Crippen molar-refractivity contribution < 1.29 is 9.59 Å². The van der Waals surface area contributed by atoms with Gasteiger partial charge in [-0.2, -0.15) is 0 Å². The first-order valence-electron chi connectivity index (χ1n) is 11.5. The highest BCUT2D eigenvalue weighted by Gasteiger charge is 2.31. The van der Waals surface area contributed by atoms with E-state index in [-0.39, 0.29) is 29.8 Å². The van der Waals surface area contributed by atoms with Crippen LogP contribution in [0.1, 0.15) is 69.7 Å². The standard InChI is InChI=1S/C26H36N2O2S/c1-26(2,3)17-24(29)28(22-13-8-5-9-14-22)20-25(30)27(19-23-15-10-16-31-23)18-21-11-6-4-7-12-21/h4,6-7,10-12,15-16,22H,5,8-9,13-14,17-20H2,1-3H3. The summed E-state index contributed by atoms with van der Waals surface area (Å²) in [4.78, 5) is 31.8. The van der Waals surface area contributed by atoms with Crippen LogP contribution in [0.5, 0.6) is 0 Å². The monoisotopic (exact) mass is 440 g/mol. The van der Waals surface area contributed by atoms with Gasteiger partial charge in [0.1, 0.15) is 6.54 Å². The van der Waals surface area contributed by atoms with Gasteiger partial charge >= 0.3 is 0 Å². The van der Waals surface area contributed by atoms with Crippen LogP contribution in [0.15, 0.2) is 47.8 Å². The van der Waals surface area contributed by atoms with E-state index in [9.17, 15) is 9.59 Å². The van der Waals surface area contributed by atoms with E-state index in [4.69, 9.17) is 0 Å². The van der Waals surface area contributed by atoms with Crippen LogP contribution < -0.4 is 0 Å². The molecule has 4 nitrogen and oxygen atoms in total. The Labute approximate surface area is 191 Å². The van der Waals surface area contributed by atoms with Crippen LogP contribution in [0.3, 0.4) is 0 Å². The first-order chi connectivity index (χ1) is 14.8. The van der Waals surface area contributed by atoms with E-state index in [1.54, 1.807) is 11.3 Å². The van der Waals surface area contributed by atoms with Crippen molar-refractivity contribution in [1.29, 1.82) is 0 Å². The number of rotatable bonds is 8. The molecule has 1 aromatic heterocycles. The third-order valence-corrected chi connectivity index (χ3v) is 6.68. The first-order valence-corrected chi connectivity index (χ1v) is 12.3. The fourth-order valence-electron chi connectivity index (χ4n) is 4.24. The zero-order valence-corrected chi connectivity index (χ0v) is 20.0. The molecule has 1 aliphatic rings. The second-order valence-electron chi connectivity index (χ2n) is 9.87. The van der Waals surface area contributed by atoms with E-state index in [1.807, 2.05) is 39.4 Å². The molecule has 0 unspecified atom stereocenters. The van der Waals surface area contributed by atoms with E-state index in [0.717, 1.165) is 36.1 Å². The molecule has 2 aromatic rings. The van der Waals surface area contributed by atoms with Gasteiger partial charge in [-0.1, -0.05) is 76.4 Å². The molecule has 31 heavy (non-hydrogen) atoms. The van der Waals surface area contributed by atoms with E-state index in [0.29, 0.717) is 19.5 Å². The van der Waals surface area contributed by atoms with Gasteiger partial charge in [0.25, 0.3) is 0 Å². The first kappa shape index (κ1) is 23.5. The van der Waals surface area contributed by atoms with E-state index >= 15 is 0 Å². The lowest BCUT2D eigenvalue weighted by Gasteiger charge is -2.37. The fraction of sp³-hybridized carbons (Fsp3) is 0.538. The third-order valence-electron chi connectivity index (χ3n) is 5.82. The zero-order valence-electron chi connectivity index (χ0n) is 19.2. The molecule has 0 aliphatic heterocycles. The van der Waals surface area contributed by atoms with Crippen LogP contribution >= 0.6 is 11.3 Å². The molecular weight excluding hydrogens is 404 g/mol. The van der Waals surface area contributed by atoms with E-state index < -0.39 is 0 Å². The zero-order chi connectivity index (χ0) is 22.3. The average Bonchev–Trinajstić information content (AvgIpc) is 3.24. The maximum atomic E-state index is 13.5. The molecule has 1 aliphatic carbocycles. The summed E-state index contributed by atoms with van der Waals surface area (Å²) in [6, 6.07) is 14.4. The number of carbonyl (C=O) groups excluding carboxylic acids is 2. The largest absolute Gasteiger partial charge is 0.332 e. The predicted octanol–water partition coefficient (Wildman–Crippen LogP) is 5.87. The average molecular weight is 441 g/mol. The molecular formula is C26H36N2O2S. The van der Waals surface area contributed by atoms with Crippen LogP contribution in [-0.2, 0) is 22.7 Å². The lowest BCUT2D eigenvalue weighted by atomic mass is 9.89. The summed E-state index contributed by atoms with van der Waals surface area (Å²) in [5, 5.41) is 2.04. The molecule has 1 saturated carbocycles. The maximum Gasteiger partial charge on any atom is 0.242 e. The Bertz CT molecular complexity index is 821. The van der Waals surface area contributed by atoms with Crippen LogP contribution in [0.2, 0.25) is 0 Å². The van der Waals surface area contributed by atoms with Crippen LogP contribution in [0, 0.1) is 5.41 Å². The van der Waals surface area contributed by atoms with Crippen molar-refractivity contribution in [3.05, 3.63) is 58.3 Å². The summed E-state index contributed by atoms with van der Waals surface area (Å²) in [5.74, 6) is 0.147. The lowest BCUT2D eigenvalue weighted by molar-refractivity contribution is -0.145. The highest BCUT2D eigenvalue weighted by Crippen LogP contribution is 2.27. The maximum absolute atomic E-state index is 13.5. The minimum atomic E-state index is -0.0895. The summed E-state index contributed by atoms with van der Waals surface area (Å²) in [6.45, 7) is 7.58. The highest BCUT2D eigenvalue weighted by molar-refractivity contribution is 7.09. The van der Waals surface area contributed by atoms with Crippen LogP contribution in [0.4, 0.5) is 0 Å². The van der Waals surface area contributed by atoms with Crippen molar-refractivity contribution in [1.82, 2.24) is 9.80 Å². The molecule has 2 amide bonds. The van der Waals surface area contributed by atoms with Crippen molar-refractivity contribution in [2.24, 2.45) is 5.41 Å². The number of thiophene rings is 1. The Kier molecular flexibility index (Phi) is 8.30. The molecule has 168 valence electrons. The van der Waals surface area contributed by atoms with Crippen molar-refractivity contribution in [3.63, 3.8) is 0 Å². The van der Waals surface area contributed by atoms with Crippen molar-refractivity contribution in [3.8, 4) is 0 Å². The Balaban J connectivity index is 1.78. The second kappa shape index (κ2) is 10.9. The molecule has 1 aromatic carbocycles. The quantitative estimate of drug-likeness (QED) is 0.515. The van der Waals surface area contributed by atoms with Crippen molar-refractivity contribution >= 4 is 23.2 Å². The molecule has 0 bridgehead atoms. The Morgan fingerprint density at radius 3 is 2.26 bits per heavy atom. The number of nitrogens with zero attached hydrogens (tertiary/aromatic N) is 2. The lowest BCUT2D eigenvalue weighted by Crippen LogP contribution is -2.48. The molecule has 1 fully saturated rings. The molecule has 0 atom stereocenters. The minimum Gasteiger partial charge on any atom is -0.332 e. The van der Waals surface area contributed by atoms with Crippen LogP contribution in [-0.4, -0.2) is 34.2 Å². The molecule has 0 radical (unpaired) electrons. The highest BCUT2D eigenvalue weighted by atomic mass is 32.1. The molecule has 5 heteroatoms. The number of hydrogen-bond donors (Lipinski definition) is 0. The number of amides is 2. The van der Waals surface area contributed by atoms with Gasteiger partial charge in [-0.05, 0) is 35.3 Å².